The Hall–Kier alpha value is -1.98. The Bertz CT molecular complexity index is 754. The summed E-state index contributed by atoms with van der Waals surface area (Å²) in [6.07, 6.45) is 1.90. The number of nitrogens with one attached hydrogen (secondary N) is 1. The van der Waals surface area contributed by atoms with Crippen molar-refractivity contribution in [3.63, 3.8) is 0 Å². The van der Waals surface area contributed by atoms with Crippen LogP contribution in [0.1, 0.15) is 15.6 Å². The molecule has 5 heteroatoms. The van der Waals surface area contributed by atoms with Crippen molar-refractivity contribution in [3.8, 4) is 5.75 Å². The maximum atomic E-state index is 5.37. The fourth-order valence-electron chi connectivity index (χ4n) is 2.20. The van der Waals surface area contributed by atoms with Gasteiger partial charge in [-0.2, -0.15) is 0 Å². The Balaban J connectivity index is 1.72. The molecule has 2 heterocycles. The summed E-state index contributed by atoms with van der Waals surface area (Å²) >= 11 is 1.72. The smallest absolute Gasteiger partial charge is 0.145 e. The van der Waals surface area contributed by atoms with Crippen LogP contribution in [0.4, 0.5) is 0 Å². The van der Waals surface area contributed by atoms with Gasteiger partial charge in [0.15, 0.2) is 0 Å². The van der Waals surface area contributed by atoms with Crippen LogP contribution in [0.3, 0.4) is 0 Å². The Morgan fingerprint density at radius 1 is 1.19 bits per heavy atom. The van der Waals surface area contributed by atoms with Gasteiger partial charge in [-0.25, -0.2) is 9.97 Å². The predicted octanol–water partition coefficient (Wildman–Crippen LogP) is 3.30. The van der Waals surface area contributed by atoms with Gasteiger partial charge in [0, 0.05) is 29.5 Å². The minimum atomic E-state index is 0.715. The topological polar surface area (TPSA) is 47.0 Å². The highest BCUT2D eigenvalue weighted by atomic mass is 32.1. The van der Waals surface area contributed by atoms with Crippen LogP contribution in [0, 0.1) is 6.92 Å². The third kappa shape index (κ3) is 3.20. The number of fused-ring (bicyclic) bond motifs is 1. The number of ether oxygens (including phenoxy) is 1. The molecule has 0 aliphatic rings. The molecule has 0 fully saturated rings. The van der Waals surface area contributed by atoms with E-state index in [2.05, 4.69) is 28.3 Å². The molecular weight excluding hydrogens is 282 g/mol. The van der Waals surface area contributed by atoms with E-state index in [1.54, 1.807) is 18.4 Å². The zero-order chi connectivity index (χ0) is 14.7. The number of para-hydroxylation sites is 1. The second kappa shape index (κ2) is 6.20. The first-order valence-corrected chi connectivity index (χ1v) is 7.62. The zero-order valence-electron chi connectivity index (χ0n) is 12.1. The van der Waals surface area contributed by atoms with Crippen molar-refractivity contribution in [2.24, 2.45) is 0 Å². The van der Waals surface area contributed by atoms with Gasteiger partial charge in [0.25, 0.3) is 0 Å². The van der Waals surface area contributed by atoms with E-state index in [9.17, 15) is 0 Å². The zero-order valence-corrected chi connectivity index (χ0v) is 12.9. The lowest BCUT2D eigenvalue weighted by Crippen LogP contribution is -2.13. The fourth-order valence-corrected chi connectivity index (χ4v) is 2.96. The second-order valence-electron chi connectivity index (χ2n) is 4.80. The van der Waals surface area contributed by atoms with Crippen molar-refractivity contribution in [2.45, 2.75) is 20.0 Å². The van der Waals surface area contributed by atoms with Gasteiger partial charge >= 0.3 is 0 Å². The van der Waals surface area contributed by atoms with Crippen molar-refractivity contribution in [1.29, 1.82) is 0 Å². The maximum Gasteiger partial charge on any atom is 0.145 e. The van der Waals surface area contributed by atoms with Crippen LogP contribution in [0.15, 0.2) is 36.5 Å². The summed E-state index contributed by atoms with van der Waals surface area (Å²) in [6, 6.07) is 10.1. The third-order valence-electron chi connectivity index (χ3n) is 3.21. The molecule has 0 bridgehead atoms. The van der Waals surface area contributed by atoms with Gasteiger partial charge in [-0.1, -0.05) is 18.2 Å². The molecule has 0 spiro atoms. The lowest BCUT2D eigenvalue weighted by atomic mass is 10.2. The first-order valence-electron chi connectivity index (χ1n) is 6.81. The highest BCUT2D eigenvalue weighted by molar-refractivity contribution is 7.11. The summed E-state index contributed by atoms with van der Waals surface area (Å²) in [5.74, 6) is 0.810. The van der Waals surface area contributed by atoms with E-state index in [0.29, 0.717) is 6.54 Å². The Morgan fingerprint density at radius 2 is 2.10 bits per heavy atom. The SMILES string of the molecule is COc1cccc2ccc(CNCc3ncc(C)s3)nc12. The minimum absolute atomic E-state index is 0.715. The van der Waals surface area contributed by atoms with Crippen LogP contribution >= 0.6 is 11.3 Å². The molecule has 2 aromatic heterocycles. The molecule has 3 aromatic rings. The van der Waals surface area contributed by atoms with E-state index in [1.807, 2.05) is 30.5 Å². The van der Waals surface area contributed by atoms with Crippen LogP contribution in [0.25, 0.3) is 10.9 Å². The molecule has 4 nitrogen and oxygen atoms in total. The van der Waals surface area contributed by atoms with Gasteiger partial charge < -0.3 is 10.1 Å². The monoisotopic (exact) mass is 299 g/mol. The summed E-state index contributed by atoms with van der Waals surface area (Å²) in [7, 11) is 1.67. The van der Waals surface area contributed by atoms with E-state index < -0.39 is 0 Å². The predicted molar refractivity (Wildman–Crippen MR) is 85.7 cm³/mol. The molecule has 0 amide bonds. The van der Waals surface area contributed by atoms with Gasteiger partial charge in [-0.05, 0) is 19.1 Å². The van der Waals surface area contributed by atoms with Crippen LogP contribution < -0.4 is 10.1 Å². The quantitative estimate of drug-likeness (QED) is 0.785. The fraction of sp³-hybridized carbons (Fsp3) is 0.250. The summed E-state index contributed by atoms with van der Waals surface area (Å²) in [5, 5.41) is 5.57. The summed E-state index contributed by atoms with van der Waals surface area (Å²) in [5.41, 5.74) is 1.91. The lowest BCUT2D eigenvalue weighted by Gasteiger charge is -2.07. The number of methoxy groups -OCH3 is 1. The molecule has 0 atom stereocenters. The van der Waals surface area contributed by atoms with E-state index in [4.69, 9.17) is 4.74 Å². The van der Waals surface area contributed by atoms with E-state index in [1.165, 1.54) is 4.88 Å². The molecule has 0 radical (unpaired) electrons. The summed E-state index contributed by atoms with van der Waals surface area (Å²) < 4.78 is 5.37. The first-order chi connectivity index (χ1) is 10.3. The molecule has 1 aromatic carbocycles. The lowest BCUT2D eigenvalue weighted by molar-refractivity contribution is 0.418. The number of thiazole rings is 1. The van der Waals surface area contributed by atoms with Crippen molar-refractivity contribution < 1.29 is 4.74 Å². The van der Waals surface area contributed by atoms with Crippen LogP contribution in [-0.4, -0.2) is 17.1 Å². The molecule has 0 aliphatic carbocycles. The van der Waals surface area contributed by atoms with Crippen molar-refractivity contribution >= 4 is 22.2 Å². The molecular formula is C16H17N3OS. The summed E-state index contributed by atoms with van der Waals surface area (Å²) in [6.45, 7) is 3.55. The molecule has 21 heavy (non-hydrogen) atoms. The minimum Gasteiger partial charge on any atom is -0.494 e. The number of rotatable bonds is 5. The number of hydrogen-bond acceptors (Lipinski definition) is 5. The van der Waals surface area contributed by atoms with E-state index in [-0.39, 0.29) is 0 Å². The van der Waals surface area contributed by atoms with Crippen LogP contribution in [-0.2, 0) is 13.1 Å². The average molecular weight is 299 g/mol. The highest BCUT2D eigenvalue weighted by Crippen LogP contribution is 2.23. The maximum absolute atomic E-state index is 5.37. The highest BCUT2D eigenvalue weighted by Gasteiger charge is 2.04. The Labute approximate surface area is 127 Å². The molecule has 108 valence electrons. The Morgan fingerprint density at radius 3 is 2.86 bits per heavy atom. The van der Waals surface area contributed by atoms with Gasteiger partial charge in [-0.15, -0.1) is 11.3 Å². The van der Waals surface area contributed by atoms with Gasteiger partial charge in [0.1, 0.15) is 16.3 Å². The van der Waals surface area contributed by atoms with E-state index >= 15 is 0 Å². The molecule has 0 saturated carbocycles. The largest absolute Gasteiger partial charge is 0.494 e. The molecule has 3 rings (SSSR count). The summed E-state index contributed by atoms with van der Waals surface area (Å²) in [4.78, 5) is 10.3. The Kier molecular flexibility index (Phi) is 4.13. The van der Waals surface area contributed by atoms with Crippen molar-refractivity contribution in [3.05, 3.63) is 52.1 Å². The van der Waals surface area contributed by atoms with E-state index in [0.717, 1.165) is 33.9 Å². The van der Waals surface area contributed by atoms with Gasteiger partial charge in [0.05, 0.1) is 12.8 Å². The number of pyridine rings is 1. The van der Waals surface area contributed by atoms with Crippen LogP contribution in [0.5, 0.6) is 5.75 Å². The average Bonchev–Trinajstić information content (AvgIpc) is 2.92. The van der Waals surface area contributed by atoms with Crippen LogP contribution in [0.2, 0.25) is 0 Å². The number of nitrogens with zero attached hydrogens (tertiary/aromatic N) is 2. The number of hydrogen-bond donors (Lipinski definition) is 1. The normalized spacial score (nSPS) is 11.0. The number of aryl methyl sites for hydroxylation is 1. The molecule has 0 saturated heterocycles. The molecule has 0 aliphatic heterocycles. The number of benzene rings is 1. The molecule has 1 N–H and O–H groups in total. The first kappa shape index (κ1) is 14.0. The standard InChI is InChI=1S/C16H17N3OS/c1-11-8-18-15(21-11)10-17-9-13-7-6-12-4-3-5-14(20-2)16(12)19-13/h3-8,17H,9-10H2,1-2H3. The van der Waals surface area contributed by atoms with Crippen molar-refractivity contribution in [2.75, 3.05) is 7.11 Å². The second-order valence-corrected chi connectivity index (χ2v) is 6.12. The number of aromatic nitrogens is 2. The van der Waals surface area contributed by atoms with Gasteiger partial charge in [-0.3, -0.25) is 0 Å². The molecule has 0 unspecified atom stereocenters. The van der Waals surface area contributed by atoms with Crippen molar-refractivity contribution in [1.82, 2.24) is 15.3 Å². The third-order valence-corrected chi connectivity index (χ3v) is 4.13. The van der Waals surface area contributed by atoms with Gasteiger partial charge in [0.2, 0.25) is 0 Å².